The minimum Gasteiger partial charge on any atom is -0.454 e. The zero-order valence-corrected chi connectivity index (χ0v) is 23.5. The zero-order chi connectivity index (χ0) is 27.1. The van der Waals surface area contributed by atoms with Gasteiger partial charge in [-0.25, -0.2) is 0 Å². The normalized spacial score (nSPS) is 26.4. The Morgan fingerprint density at radius 3 is 2.45 bits per heavy atom. The zero-order valence-electron chi connectivity index (χ0n) is 22.7. The molecule has 1 aromatic carbocycles. The Hall–Kier alpha value is -2.52. The molecule has 0 radical (unpaired) electrons. The summed E-state index contributed by atoms with van der Waals surface area (Å²) in [4.78, 5) is 47.5. The van der Waals surface area contributed by atoms with E-state index < -0.39 is 18.2 Å². The van der Waals surface area contributed by atoms with Gasteiger partial charge < -0.3 is 29.5 Å². The molecule has 0 saturated carbocycles. The summed E-state index contributed by atoms with van der Waals surface area (Å²) in [5, 5.41) is 3.64. The van der Waals surface area contributed by atoms with E-state index in [4.69, 9.17) is 21.1 Å². The highest BCUT2D eigenvalue weighted by Crippen LogP contribution is 2.41. The highest BCUT2D eigenvalue weighted by atomic mass is 35.5. The van der Waals surface area contributed by atoms with Crippen LogP contribution in [-0.2, 0) is 9.59 Å². The van der Waals surface area contributed by atoms with E-state index in [2.05, 4.69) is 5.32 Å². The van der Waals surface area contributed by atoms with Crippen LogP contribution in [0, 0.1) is 17.8 Å². The van der Waals surface area contributed by atoms with Gasteiger partial charge in [0.15, 0.2) is 11.5 Å². The first-order valence-corrected chi connectivity index (χ1v) is 14.3. The summed E-state index contributed by atoms with van der Waals surface area (Å²) in [5.74, 6) is 1.04. The third kappa shape index (κ3) is 4.83. The van der Waals surface area contributed by atoms with Gasteiger partial charge in [-0.3, -0.25) is 14.4 Å². The van der Waals surface area contributed by atoms with E-state index in [0.29, 0.717) is 36.9 Å². The molecule has 1 aromatic rings. The third-order valence-corrected chi connectivity index (χ3v) is 8.82. The van der Waals surface area contributed by atoms with Gasteiger partial charge in [-0.1, -0.05) is 45.7 Å². The number of piperazine rings is 1. The Labute approximate surface area is 229 Å². The molecule has 0 bridgehead atoms. The van der Waals surface area contributed by atoms with Crippen molar-refractivity contribution in [2.75, 3.05) is 33.0 Å². The number of nitrogens with one attached hydrogen (secondary N) is 1. The number of benzene rings is 1. The molecule has 3 amide bonds. The molecule has 4 atom stereocenters. The van der Waals surface area contributed by atoms with E-state index in [1.165, 1.54) is 0 Å². The molecule has 208 valence electrons. The molecular formula is C28H39ClN4O5. The molecule has 4 heterocycles. The number of piperidine rings is 1. The first-order valence-electron chi connectivity index (χ1n) is 13.9. The lowest BCUT2D eigenvalue weighted by Gasteiger charge is -2.47. The Morgan fingerprint density at radius 2 is 1.79 bits per heavy atom. The molecule has 0 aliphatic carbocycles. The first kappa shape index (κ1) is 27.1. The maximum atomic E-state index is 14.2. The standard InChI is InChI=1S/C28H39ClN4O5/c1-5-17(4)25-28(36)31(13-18-6-8-30-9-7-18)14-24-32(21(10-16(2)3)27(35)33(24)25)26(34)19-11-22-23(12-20(19)29)38-15-37-22/h11-12,16-18,21,24-25,30H,5-10,13-15H2,1-4H3/t17?,21-,24?,25-/m0/s1. The van der Waals surface area contributed by atoms with Crippen molar-refractivity contribution in [1.82, 2.24) is 20.0 Å². The maximum absolute atomic E-state index is 14.2. The lowest BCUT2D eigenvalue weighted by atomic mass is 9.91. The van der Waals surface area contributed by atoms with Crippen LogP contribution in [0.5, 0.6) is 11.5 Å². The van der Waals surface area contributed by atoms with Gasteiger partial charge in [0.1, 0.15) is 18.2 Å². The highest BCUT2D eigenvalue weighted by Gasteiger charge is 2.57. The van der Waals surface area contributed by atoms with Gasteiger partial charge in [-0.15, -0.1) is 0 Å². The summed E-state index contributed by atoms with van der Waals surface area (Å²) < 4.78 is 10.9. The average Bonchev–Trinajstić information content (AvgIpc) is 3.45. The van der Waals surface area contributed by atoms with Crippen LogP contribution in [0.2, 0.25) is 5.02 Å². The van der Waals surface area contributed by atoms with E-state index >= 15 is 0 Å². The summed E-state index contributed by atoms with van der Waals surface area (Å²) in [6, 6.07) is 1.96. The summed E-state index contributed by atoms with van der Waals surface area (Å²) >= 11 is 6.58. The fourth-order valence-corrected chi connectivity index (χ4v) is 6.54. The summed E-state index contributed by atoms with van der Waals surface area (Å²) in [6.45, 7) is 11.1. The molecule has 5 rings (SSSR count). The molecule has 2 unspecified atom stereocenters. The van der Waals surface area contributed by atoms with Crippen molar-refractivity contribution >= 4 is 29.3 Å². The van der Waals surface area contributed by atoms with Gasteiger partial charge in [-0.2, -0.15) is 0 Å². The molecule has 1 N–H and O–H groups in total. The molecule has 4 aliphatic rings. The average molecular weight is 547 g/mol. The summed E-state index contributed by atoms with van der Waals surface area (Å²) in [5.41, 5.74) is 0.279. The molecule has 0 aromatic heterocycles. The molecule has 9 nitrogen and oxygen atoms in total. The molecule has 0 spiro atoms. The third-order valence-electron chi connectivity index (χ3n) is 8.51. The van der Waals surface area contributed by atoms with Crippen LogP contribution in [0.1, 0.15) is 63.7 Å². The fraction of sp³-hybridized carbons (Fsp3) is 0.679. The van der Waals surface area contributed by atoms with Gasteiger partial charge in [0, 0.05) is 12.6 Å². The number of rotatable bonds is 7. The quantitative estimate of drug-likeness (QED) is 0.564. The molecule has 3 fully saturated rings. The minimum absolute atomic E-state index is 0.00110. The molecule has 3 saturated heterocycles. The van der Waals surface area contributed by atoms with Gasteiger partial charge in [0.25, 0.3) is 5.91 Å². The van der Waals surface area contributed by atoms with Crippen LogP contribution in [0.4, 0.5) is 0 Å². The number of hydrogen-bond donors (Lipinski definition) is 1. The molecular weight excluding hydrogens is 508 g/mol. The highest BCUT2D eigenvalue weighted by molar-refractivity contribution is 6.34. The number of carbonyl (C=O) groups is 3. The van der Waals surface area contributed by atoms with Crippen LogP contribution >= 0.6 is 11.6 Å². The van der Waals surface area contributed by atoms with E-state index in [1.807, 2.05) is 32.6 Å². The van der Waals surface area contributed by atoms with Gasteiger partial charge in [0.05, 0.1) is 17.1 Å². The first-order chi connectivity index (χ1) is 18.2. The second-order valence-corrected chi connectivity index (χ2v) is 11.9. The van der Waals surface area contributed by atoms with E-state index in [0.717, 1.165) is 32.4 Å². The number of carbonyl (C=O) groups excluding carboxylic acids is 3. The molecule has 38 heavy (non-hydrogen) atoms. The predicted molar refractivity (Wildman–Crippen MR) is 143 cm³/mol. The number of nitrogens with zero attached hydrogens (tertiary/aromatic N) is 3. The summed E-state index contributed by atoms with van der Waals surface area (Å²) in [6.07, 6.45) is 2.74. The largest absolute Gasteiger partial charge is 0.454 e. The minimum atomic E-state index is -0.660. The number of amides is 3. The SMILES string of the molecule is CCC(C)[C@H]1C(=O)N(CC2CCNCC2)CC2N1C(=O)[C@H](CC(C)C)N2C(=O)c1cc2c(cc1Cl)OCO2. The van der Waals surface area contributed by atoms with E-state index in [-0.39, 0.29) is 46.9 Å². The number of halogens is 1. The van der Waals surface area contributed by atoms with Crippen LogP contribution in [-0.4, -0.2) is 83.6 Å². The maximum Gasteiger partial charge on any atom is 0.257 e. The summed E-state index contributed by atoms with van der Waals surface area (Å²) in [7, 11) is 0. The smallest absolute Gasteiger partial charge is 0.257 e. The number of hydrogen-bond acceptors (Lipinski definition) is 6. The van der Waals surface area contributed by atoms with Crippen LogP contribution in [0.25, 0.3) is 0 Å². The van der Waals surface area contributed by atoms with Crippen molar-refractivity contribution in [2.24, 2.45) is 17.8 Å². The fourth-order valence-electron chi connectivity index (χ4n) is 6.31. The van der Waals surface area contributed by atoms with E-state index in [9.17, 15) is 14.4 Å². The van der Waals surface area contributed by atoms with Crippen molar-refractivity contribution in [3.05, 3.63) is 22.7 Å². The second kappa shape index (κ2) is 10.9. The van der Waals surface area contributed by atoms with Gasteiger partial charge >= 0.3 is 0 Å². The molecule has 10 heteroatoms. The lowest BCUT2D eigenvalue weighted by Crippen LogP contribution is -2.65. The van der Waals surface area contributed by atoms with Crippen molar-refractivity contribution < 1.29 is 23.9 Å². The topological polar surface area (TPSA) is 91.4 Å². The number of fused-ring (bicyclic) bond motifs is 2. The van der Waals surface area contributed by atoms with Crippen molar-refractivity contribution in [3.63, 3.8) is 0 Å². The van der Waals surface area contributed by atoms with Crippen LogP contribution in [0.3, 0.4) is 0 Å². The van der Waals surface area contributed by atoms with Gasteiger partial charge in [0.2, 0.25) is 18.6 Å². The predicted octanol–water partition coefficient (Wildman–Crippen LogP) is 3.35. The van der Waals surface area contributed by atoms with Crippen molar-refractivity contribution in [1.29, 1.82) is 0 Å². The second-order valence-electron chi connectivity index (χ2n) is 11.5. The number of ether oxygens (including phenoxy) is 2. The van der Waals surface area contributed by atoms with Crippen LogP contribution < -0.4 is 14.8 Å². The van der Waals surface area contributed by atoms with E-state index in [1.54, 1.807) is 21.9 Å². The molecule has 4 aliphatic heterocycles. The van der Waals surface area contributed by atoms with Crippen molar-refractivity contribution in [3.8, 4) is 11.5 Å². The Bertz CT molecular complexity index is 1090. The van der Waals surface area contributed by atoms with Gasteiger partial charge in [-0.05, 0) is 56.2 Å². The Balaban J connectivity index is 1.53. The lowest BCUT2D eigenvalue weighted by molar-refractivity contribution is -0.156. The Morgan fingerprint density at radius 1 is 1.11 bits per heavy atom. The Kier molecular flexibility index (Phi) is 7.78. The monoisotopic (exact) mass is 546 g/mol. The van der Waals surface area contributed by atoms with Crippen molar-refractivity contribution in [2.45, 2.75) is 71.6 Å². The van der Waals surface area contributed by atoms with Crippen LogP contribution in [0.15, 0.2) is 12.1 Å².